The first kappa shape index (κ1) is 18.6. The molecule has 1 spiro atoms. The lowest BCUT2D eigenvalue weighted by atomic mass is 9.67. The first-order chi connectivity index (χ1) is 15.0. The minimum Gasteiger partial charge on any atom is -0.423 e. The van der Waals surface area contributed by atoms with Crippen LogP contribution in [0.2, 0.25) is 0 Å². The highest BCUT2D eigenvalue weighted by atomic mass is 16.4. The lowest BCUT2D eigenvalue weighted by Crippen LogP contribution is -2.34. The normalized spacial score (nSPS) is 14.1. The molecule has 148 valence electrons. The van der Waals surface area contributed by atoms with Crippen molar-refractivity contribution in [1.29, 1.82) is 0 Å². The average Bonchev–Trinajstić information content (AvgIpc) is 3.25. The van der Waals surface area contributed by atoms with Crippen LogP contribution in [0.4, 0.5) is 0 Å². The lowest BCUT2D eigenvalue weighted by Gasteiger charge is -2.31. The molecule has 4 aromatic rings. The molecule has 0 fully saturated rings. The maximum absolute atomic E-state index is 9.90. The van der Waals surface area contributed by atoms with Crippen molar-refractivity contribution in [1.82, 2.24) is 0 Å². The van der Waals surface area contributed by atoms with Crippen LogP contribution in [0, 0.1) is 0 Å². The molecule has 6 heteroatoms. The summed E-state index contributed by atoms with van der Waals surface area (Å²) in [6, 6.07) is 27.6. The Morgan fingerprint density at radius 2 is 0.839 bits per heavy atom. The third-order valence-corrected chi connectivity index (χ3v) is 6.73. The predicted molar refractivity (Wildman–Crippen MR) is 122 cm³/mol. The third-order valence-electron chi connectivity index (χ3n) is 6.73. The maximum Gasteiger partial charge on any atom is 0.488 e. The number of rotatable bonds is 2. The van der Waals surface area contributed by atoms with Crippen molar-refractivity contribution in [3.05, 3.63) is 107 Å². The standard InChI is InChI=1S/C25H18B2O4/c28-26(29)15-9-11-19-17-5-1-3-7-21(17)25(23(19)13-15)22-8-4-2-6-18(22)20-12-10-16(27(30)31)14-24(20)25/h1-14,28-31H. The lowest BCUT2D eigenvalue weighted by molar-refractivity contribution is 0.424. The Morgan fingerprint density at radius 3 is 1.26 bits per heavy atom. The molecule has 0 heterocycles. The molecule has 4 N–H and O–H groups in total. The molecule has 0 saturated carbocycles. The minimum absolute atomic E-state index is 0.426. The summed E-state index contributed by atoms with van der Waals surface area (Å²) in [6.07, 6.45) is 0. The van der Waals surface area contributed by atoms with Crippen LogP contribution in [-0.4, -0.2) is 34.3 Å². The first-order valence-electron chi connectivity index (χ1n) is 10.2. The fourth-order valence-electron chi connectivity index (χ4n) is 5.50. The summed E-state index contributed by atoms with van der Waals surface area (Å²) in [5.41, 5.74) is 8.58. The first-order valence-corrected chi connectivity index (χ1v) is 10.2. The van der Waals surface area contributed by atoms with Crippen LogP contribution in [0.25, 0.3) is 22.3 Å². The van der Waals surface area contributed by atoms with Gasteiger partial charge in [-0.15, -0.1) is 0 Å². The zero-order valence-electron chi connectivity index (χ0n) is 16.5. The molecule has 0 radical (unpaired) electrons. The van der Waals surface area contributed by atoms with Gasteiger partial charge in [-0.1, -0.05) is 84.9 Å². The molecule has 0 saturated heterocycles. The molecule has 4 nitrogen and oxygen atoms in total. The van der Waals surface area contributed by atoms with Crippen LogP contribution in [-0.2, 0) is 5.41 Å². The van der Waals surface area contributed by atoms with Crippen LogP contribution in [0.15, 0.2) is 84.9 Å². The van der Waals surface area contributed by atoms with E-state index in [1.807, 2.05) is 48.5 Å². The molecule has 0 unspecified atom stereocenters. The fraction of sp³-hybridized carbons (Fsp3) is 0.0400. The topological polar surface area (TPSA) is 80.9 Å². The Morgan fingerprint density at radius 1 is 0.452 bits per heavy atom. The van der Waals surface area contributed by atoms with Gasteiger partial charge in [0.2, 0.25) is 0 Å². The highest BCUT2D eigenvalue weighted by molar-refractivity contribution is 6.59. The van der Waals surface area contributed by atoms with Gasteiger partial charge in [-0.3, -0.25) is 0 Å². The fourth-order valence-corrected chi connectivity index (χ4v) is 5.50. The van der Waals surface area contributed by atoms with Crippen molar-refractivity contribution in [2.45, 2.75) is 5.41 Å². The molecule has 0 aromatic heterocycles. The molecule has 2 aliphatic rings. The highest BCUT2D eigenvalue weighted by Gasteiger charge is 2.51. The second-order valence-corrected chi connectivity index (χ2v) is 8.20. The quantitative estimate of drug-likeness (QED) is 0.329. The number of hydrogen-bond acceptors (Lipinski definition) is 4. The summed E-state index contributed by atoms with van der Waals surface area (Å²) in [7, 11) is -3.15. The Kier molecular flexibility index (Phi) is 3.86. The van der Waals surface area contributed by atoms with Gasteiger partial charge in [0.1, 0.15) is 0 Å². The number of benzene rings is 4. The summed E-state index contributed by atoms with van der Waals surface area (Å²) in [6.45, 7) is 0. The largest absolute Gasteiger partial charge is 0.488 e. The van der Waals surface area contributed by atoms with Gasteiger partial charge in [-0.2, -0.15) is 0 Å². The molecule has 0 amide bonds. The summed E-state index contributed by atoms with van der Waals surface area (Å²) in [4.78, 5) is 0. The van der Waals surface area contributed by atoms with E-state index in [2.05, 4.69) is 24.3 Å². The molecular weight excluding hydrogens is 386 g/mol. The molecule has 31 heavy (non-hydrogen) atoms. The van der Waals surface area contributed by atoms with E-state index < -0.39 is 19.7 Å². The van der Waals surface area contributed by atoms with Crippen molar-refractivity contribution in [2.24, 2.45) is 0 Å². The molecule has 2 aliphatic carbocycles. The Bertz CT molecular complexity index is 1260. The van der Waals surface area contributed by atoms with E-state index in [1.165, 1.54) is 0 Å². The van der Waals surface area contributed by atoms with Crippen LogP contribution in [0.3, 0.4) is 0 Å². The predicted octanol–water partition coefficient (Wildman–Crippen LogP) is 1.39. The second kappa shape index (κ2) is 6.42. The molecule has 0 atom stereocenters. The van der Waals surface area contributed by atoms with E-state index in [0.717, 1.165) is 44.5 Å². The van der Waals surface area contributed by atoms with E-state index in [0.29, 0.717) is 10.9 Å². The van der Waals surface area contributed by atoms with Gasteiger partial charge >= 0.3 is 14.2 Å². The van der Waals surface area contributed by atoms with Crippen molar-refractivity contribution in [3.8, 4) is 22.3 Å². The van der Waals surface area contributed by atoms with Gasteiger partial charge in [0.25, 0.3) is 0 Å². The van der Waals surface area contributed by atoms with Gasteiger partial charge in [-0.25, -0.2) is 0 Å². The smallest absolute Gasteiger partial charge is 0.423 e. The van der Waals surface area contributed by atoms with Crippen LogP contribution in [0.1, 0.15) is 22.3 Å². The van der Waals surface area contributed by atoms with E-state index >= 15 is 0 Å². The van der Waals surface area contributed by atoms with Crippen molar-refractivity contribution < 1.29 is 20.1 Å². The molecular formula is C25H18B2O4. The molecule has 6 rings (SSSR count). The SMILES string of the molecule is OB(O)c1ccc2c(c1)C1(c3ccccc3-2)c2ccccc2-c2ccc(B(O)O)cc21. The summed E-state index contributed by atoms with van der Waals surface area (Å²) in [5, 5.41) is 39.6. The van der Waals surface area contributed by atoms with Crippen molar-refractivity contribution in [2.75, 3.05) is 0 Å². The number of fused-ring (bicyclic) bond motifs is 10. The molecule has 0 aliphatic heterocycles. The van der Waals surface area contributed by atoms with E-state index in [1.54, 1.807) is 12.1 Å². The van der Waals surface area contributed by atoms with Crippen LogP contribution in [0.5, 0.6) is 0 Å². The minimum atomic E-state index is -1.58. The van der Waals surface area contributed by atoms with E-state index in [9.17, 15) is 20.1 Å². The van der Waals surface area contributed by atoms with Gasteiger partial charge in [0.05, 0.1) is 5.41 Å². The van der Waals surface area contributed by atoms with Gasteiger partial charge in [0.15, 0.2) is 0 Å². The third kappa shape index (κ3) is 2.30. The van der Waals surface area contributed by atoms with Crippen molar-refractivity contribution in [3.63, 3.8) is 0 Å². The van der Waals surface area contributed by atoms with Gasteiger partial charge in [-0.05, 0) is 55.4 Å². The Balaban J connectivity index is 1.81. The second-order valence-electron chi connectivity index (χ2n) is 8.20. The van der Waals surface area contributed by atoms with Crippen LogP contribution >= 0.6 is 0 Å². The average molecular weight is 404 g/mol. The van der Waals surface area contributed by atoms with Crippen LogP contribution < -0.4 is 10.9 Å². The van der Waals surface area contributed by atoms with E-state index in [4.69, 9.17) is 0 Å². The summed E-state index contributed by atoms with van der Waals surface area (Å²) in [5.74, 6) is 0. The van der Waals surface area contributed by atoms with Gasteiger partial charge < -0.3 is 20.1 Å². The Labute approximate surface area is 180 Å². The molecule has 0 bridgehead atoms. The zero-order valence-corrected chi connectivity index (χ0v) is 16.5. The van der Waals surface area contributed by atoms with E-state index in [-0.39, 0.29) is 0 Å². The summed E-state index contributed by atoms with van der Waals surface area (Å²) >= 11 is 0. The van der Waals surface area contributed by atoms with Crippen molar-refractivity contribution >= 4 is 25.2 Å². The molecule has 4 aromatic carbocycles. The monoisotopic (exact) mass is 404 g/mol. The maximum atomic E-state index is 9.90. The summed E-state index contributed by atoms with van der Waals surface area (Å²) < 4.78 is 0. The zero-order chi connectivity index (χ0) is 21.3. The highest BCUT2D eigenvalue weighted by Crippen LogP contribution is 2.62. The number of hydrogen-bond donors (Lipinski definition) is 4. The van der Waals surface area contributed by atoms with Gasteiger partial charge in [0, 0.05) is 0 Å². The Hall–Kier alpha value is -3.15.